The highest BCUT2D eigenvalue weighted by Gasteiger charge is 2.19. The SMILES string of the molecule is COc1ccc(C)cc1[C@H](C)NC[C@H]1CNc2ccnn2C1. The molecule has 0 saturated carbocycles. The van der Waals surface area contributed by atoms with E-state index in [0.717, 1.165) is 31.2 Å². The lowest BCUT2D eigenvalue weighted by molar-refractivity contribution is 0.367. The van der Waals surface area contributed by atoms with E-state index < -0.39 is 0 Å². The molecule has 3 rings (SSSR count). The van der Waals surface area contributed by atoms with E-state index in [-0.39, 0.29) is 6.04 Å². The molecule has 0 amide bonds. The lowest BCUT2D eigenvalue weighted by atomic mass is 10.0. The summed E-state index contributed by atoms with van der Waals surface area (Å²) in [6.45, 7) is 7.19. The van der Waals surface area contributed by atoms with Crippen molar-refractivity contribution in [2.24, 2.45) is 5.92 Å². The molecule has 0 fully saturated rings. The second-order valence-corrected chi connectivity index (χ2v) is 6.02. The first-order chi connectivity index (χ1) is 10.7. The molecule has 0 radical (unpaired) electrons. The first-order valence-electron chi connectivity index (χ1n) is 7.81. The Balaban J connectivity index is 1.61. The van der Waals surface area contributed by atoms with Crippen LogP contribution in [0, 0.1) is 12.8 Å². The number of anilines is 1. The normalized spacial score (nSPS) is 18.4. The minimum atomic E-state index is 0.258. The average Bonchev–Trinajstić information content (AvgIpc) is 3.00. The van der Waals surface area contributed by atoms with E-state index in [0.29, 0.717) is 5.92 Å². The second kappa shape index (κ2) is 6.40. The minimum Gasteiger partial charge on any atom is -0.496 e. The predicted octanol–water partition coefficient (Wildman–Crippen LogP) is 2.59. The van der Waals surface area contributed by atoms with E-state index in [1.165, 1.54) is 11.1 Å². The van der Waals surface area contributed by atoms with Gasteiger partial charge in [0.15, 0.2) is 0 Å². The third kappa shape index (κ3) is 3.09. The van der Waals surface area contributed by atoms with Gasteiger partial charge >= 0.3 is 0 Å². The van der Waals surface area contributed by atoms with Crippen molar-refractivity contribution in [3.63, 3.8) is 0 Å². The Morgan fingerprint density at radius 1 is 1.45 bits per heavy atom. The van der Waals surface area contributed by atoms with Crippen molar-refractivity contribution in [1.82, 2.24) is 15.1 Å². The zero-order valence-electron chi connectivity index (χ0n) is 13.5. The van der Waals surface area contributed by atoms with Gasteiger partial charge in [0.25, 0.3) is 0 Å². The van der Waals surface area contributed by atoms with Gasteiger partial charge in [0.05, 0.1) is 13.3 Å². The highest BCUT2D eigenvalue weighted by Crippen LogP contribution is 2.26. The number of ether oxygens (including phenoxy) is 1. The maximum atomic E-state index is 5.48. The fourth-order valence-electron chi connectivity index (χ4n) is 2.97. The number of aryl methyl sites for hydroxylation is 1. The monoisotopic (exact) mass is 300 g/mol. The first-order valence-corrected chi connectivity index (χ1v) is 7.81. The number of methoxy groups -OCH3 is 1. The molecule has 5 heteroatoms. The van der Waals surface area contributed by atoms with Gasteiger partial charge in [-0.2, -0.15) is 5.10 Å². The summed E-state index contributed by atoms with van der Waals surface area (Å²) >= 11 is 0. The molecular formula is C17H24N4O. The Labute approximate surface area is 131 Å². The van der Waals surface area contributed by atoms with Crippen molar-refractivity contribution in [3.05, 3.63) is 41.6 Å². The molecule has 2 atom stereocenters. The highest BCUT2D eigenvalue weighted by molar-refractivity contribution is 5.39. The molecule has 0 spiro atoms. The van der Waals surface area contributed by atoms with Crippen LogP contribution in [0.5, 0.6) is 5.75 Å². The van der Waals surface area contributed by atoms with Crippen LogP contribution in [0.1, 0.15) is 24.1 Å². The Kier molecular flexibility index (Phi) is 4.34. The number of nitrogens with zero attached hydrogens (tertiary/aromatic N) is 2. The maximum Gasteiger partial charge on any atom is 0.124 e. The van der Waals surface area contributed by atoms with Crippen LogP contribution in [0.4, 0.5) is 5.82 Å². The number of rotatable bonds is 5. The van der Waals surface area contributed by atoms with Crippen LogP contribution < -0.4 is 15.4 Å². The van der Waals surface area contributed by atoms with Gasteiger partial charge in [-0.1, -0.05) is 17.7 Å². The molecular weight excluding hydrogens is 276 g/mol. The predicted molar refractivity (Wildman–Crippen MR) is 88.4 cm³/mol. The standard InChI is InChI=1S/C17H24N4O/c1-12-4-5-16(22-3)15(8-12)13(2)18-9-14-10-19-17-6-7-20-21(17)11-14/h4-8,13-14,18-19H,9-11H2,1-3H3/t13-,14-/m0/s1. The molecule has 0 bridgehead atoms. The smallest absolute Gasteiger partial charge is 0.124 e. The summed E-state index contributed by atoms with van der Waals surface area (Å²) in [6, 6.07) is 8.60. The Bertz CT molecular complexity index is 637. The van der Waals surface area contributed by atoms with Gasteiger partial charge in [-0.15, -0.1) is 0 Å². The van der Waals surface area contributed by atoms with Gasteiger partial charge in [0.2, 0.25) is 0 Å². The van der Waals surface area contributed by atoms with E-state index in [2.05, 4.69) is 41.7 Å². The van der Waals surface area contributed by atoms with E-state index in [4.69, 9.17) is 4.74 Å². The minimum absolute atomic E-state index is 0.258. The van der Waals surface area contributed by atoms with Crippen molar-refractivity contribution in [1.29, 1.82) is 0 Å². The third-order valence-electron chi connectivity index (χ3n) is 4.28. The van der Waals surface area contributed by atoms with Crippen LogP contribution in [0.15, 0.2) is 30.5 Å². The maximum absolute atomic E-state index is 5.48. The van der Waals surface area contributed by atoms with Gasteiger partial charge in [0, 0.05) is 43.2 Å². The summed E-state index contributed by atoms with van der Waals surface area (Å²) < 4.78 is 7.52. The lowest BCUT2D eigenvalue weighted by Gasteiger charge is -2.27. The zero-order chi connectivity index (χ0) is 15.5. The largest absolute Gasteiger partial charge is 0.496 e. The number of hydrogen-bond donors (Lipinski definition) is 2. The van der Waals surface area contributed by atoms with Crippen LogP contribution >= 0.6 is 0 Å². The van der Waals surface area contributed by atoms with E-state index in [9.17, 15) is 0 Å². The number of aromatic nitrogens is 2. The van der Waals surface area contributed by atoms with Crippen LogP contribution in [0.25, 0.3) is 0 Å². The molecule has 1 aromatic carbocycles. The summed E-state index contributed by atoms with van der Waals surface area (Å²) in [5.74, 6) is 2.59. The van der Waals surface area contributed by atoms with E-state index in [1.54, 1.807) is 7.11 Å². The van der Waals surface area contributed by atoms with Gasteiger partial charge in [-0.05, 0) is 19.9 Å². The Morgan fingerprint density at radius 3 is 3.14 bits per heavy atom. The van der Waals surface area contributed by atoms with Gasteiger partial charge in [-0.25, -0.2) is 4.68 Å². The quantitative estimate of drug-likeness (QED) is 0.891. The Morgan fingerprint density at radius 2 is 2.32 bits per heavy atom. The highest BCUT2D eigenvalue weighted by atomic mass is 16.5. The number of nitrogens with one attached hydrogen (secondary N) is 2. The molecule has 1 aliphatic heterocycles. The molecule has 5 nitrogen and oxygen atoms in total. The molecule has 118 valence electrons. The van der Waals surface area contributed by atoms with Crippen molar-refractivity contribution >= 4 is 5.82 Å². The van der Waals surface area contributed by atoms with Gasteiger partial charge in [0.1, 0.15) is 11.6 Å². The summed E-state index contributed by atoms with van der Waals surface area (Å²) in [7, 11) is 1.73. The molecule has 1 aromatic heterocycles. The van der Waals surface area contributed by atoms with Crippen molar-refractivity contribution in [3.8, 4) is 5.75 Å². The van der Waals surface area contributed by atoms with Crippen LogP contribution in [0.3, 0.4) is 0 Å². The van der Waals surface area contributed by atoms with Crippen LogP contribution in [-0.2, 0) is 6.54 Å². The topological polar surface area (TPSA) is 51.1 Å². The van der Waals surface area contributed by atoms with E-state index >= 15 is 0 Å². The van der Waals surface area contributed by atoms with Crippen LogP contribution in [0.2, 0.25) is 0 Å². The molecule has 2 N–H and O–H groups in total. The summed E-state index contributed by atoms with van der Waals surface area (Å²) in [4.78, 5) is 0. The lowest BCUT2D eigenvalue weighted by Crippen LogP contribution is -2.36. The summed E-state index contributed by atoms with van der Waals surface area (Å²) in [5, 5.41) is 11.4. The Hall–Kier alpha value is -2.01. The average molecular weight is 300 g/mol. The molecule has 0 unspecified atom stereocenters. The van der Waals surface area contributed by atoms with Gasteiger partial charge in [-0.3, -0.25) is 0 Å². The third-order valence-corrected chi connectivity index (χ3v) is 4.28. The van der Waals surface area contributed by atoms with Crippen LogP contribution in [-0.4, -0.2) is 30.0 Å². The number of hydrogen-bond acceptors (Lipinski definition) is 4. The summed E-state index contributed by atoms with van der Waals surface area (Å²) in [5.41, 5.74) is 2.47. The van der Waals surface area contributed by atoms with Crippen molar-refractivity contribution in [2.75, 3.05) is 25.5 Å². The molecule has 2 heterocycles. The van der Waals surface area contributed by atoms with E-state index in [1.807, 2.05) is 23.0 Å². The number of benzene rings is 1. The molecule has 0 saturated heterocycles. The summed E-state index contributed by atoms with van der Waals surface area (Å²) in [6.07, 6.45) is 1.85. The fraction of sp³-hybridized carbons (Fsp3) is 0.471. The van der Waals surface area contributed by atoms with Crippen molar-refractivity contribution in [2.45, 2.75) is 26.4 Å². The second-order valence-electron chi connectivity index (χ2n) is 6.02. The van der Waals surface area contributed by atoms with Crippen molar-refractivity contribution < 1.29 is 4.74 Å². The fourth-order valence-corrected chi connectivity index (χ4v) is 2.97. The van der Waals surface area contributed by atoms with Gasteiger partial charge < -0.3 is 15.4 Å². The zero-order valence-corrected chi connectivity index (χ0v) is 13.5. The molecule has 2 aromatic rings. The number of fused-ring (bicyclic) bond motifs is 1. The molecule has 0 aliphatic carbocycles. The first kappa shape index (κ1) is 14.9. The molecule has 22 heavy (non-hydrogen) atoms. The molecule has 1 aliphatic rings.